The van der Waals surface area contributed by atoms with Gasteiger partial charge in [0.2, 0.25) is 0 Å². The minimum Gasteiger partial charge on any atom is -0.462 e. The molecule has 1 saturated heterocycles. The first-order valence-electron chi connectivity index (χ1n) is 10.6. The zero-order valence-electron chi connectivity index (χ0n) is 18.1. The van der Waals surface area contributed by atoms with Crippen LogP contribution < -0.4 is 10.2 Å². The molecule has 0 bridgehead atoms. The predicted molar refractivity (Wildman–Crippen MR) is 120 cm³/mol. The summed E-state index contributed by atoms with van der Waals surface area (Å²) in [6, 6.07) is 13.3. The highest BCUT2D eigenvalue weighted by atomic mass is 16.5. The van der Waals surface area contributed by atoms with Crippen LogP contribution in [-0.4, -0.2) is 49.7 Å². The maximum Gasteiger partial charge on any atom is 0.340 e. The van der Waals surface area contributed by atoms with Gasteiger partial charge in [-0.1, -0.05) is 37.6 Å². The van der Waals surface area contributed by atoms with E-state index in [1.807, 2.05) is 6.92 Å². The van der Waals surface area contributed by atoms with Crippen LogP contribution in [0.4, 0.5) is 16.2 Å². The van der Waals surface area contributed by atoms with E-state index in [2.05, 4.69) is 42.3 Å². The fourth-order valence-electron chi connectivity index (χ4n) is 3.56. The normalized spacial score (nSPS) is 13.8. The van der Waals surface area contributed by atoms with Crippen LogP contribution in [0.25, 0.3) is 0 Å². The first-order chi connectivity index (χ1) is 14.5. The second-order valence-electron chi connectivity index (χ2n) is 7.73. The van der Waals surface area contributed by atoms with Crippen LogP contribution in [0.15, 0.2) is 42.5 Å². The summed E-state index contributed by atoms with van der Waals surface area (Å²) in [5, 5.41) is 2.89. The topological polar surface area (TPSA) is 61.9 Å². The third kappa shape index (κ3) is 5.32. The quantitative estimate of drug-likeness (QED) is 0.559. The molecule has 6 nitrogen and oxygen atoms in total. The molecule has 30 heavy (non-hydrogen) atoms. The molecule has 1 aliphatic heterocycles. The van der Waals surface area contributed by atoms with Crippen LogP contribution in [0.5, 0.6) is 0 Å². The van der Waals surface area contributed by atoms with Crippen molar-refractivity contribution < 1.29 is 14.3 Å². The summed E-state index contributed by atoms with van der Waals surface area (Å²) >= 11 is 0. The van der Waals surface area contributed by atoms with E-state index < -0.39 is 5.97 Å². The number of hydrogen-bond acceptors (Lipinski definition) is 4. The fraction of sp³-hybridized carbons (Fsp3) is 0.417. The summed E-state index contributed by atoms with van der Waals surface area (Å²) in [6.45, 7) is 9.45. The number of amides is 2. The second kappa shape index (κ2) is 10.1. The Kier molecular flexibility index (Phi) is 7.33. The monoisotopic (exact) mass is 409 g/mol. The second-order valence-corrected chi connectivity index (χ2v) is 7.73. The number of para-hydroxylation sites is 1. The zero-order valence-corrected chi connectivity index (χ0v) is 18.1. The van der Waals surface area contributed by atoms with E-state index in [1.165, 1.54) is 16.8 Å². The number of piperazine rings is 1. The number of anilines is 2. The molecule has 6 heteroatoms. The number of unbranched alkanes of at least 4 members (excludes halogenated alkanes) is 1. The molecule has 2 amide bonds. The Hall–Kier alpha value is -3.02. The third-order valence-electron chi connectivity index (χ3n) is 5.39. The van der Waals surface area contributed by atoms with Gasteiger partial charge < -0.3 is 19.9 Å². The van der Waals surface area contributed by atoms with E-state index in [1.54, 1.807) is 29.2 Å². The van der Waals surface area contributed by atoms with Gasteiger partial charge in [0.1, 0.15) is 0 Å². The van der Waals surface area contributed by atoms with Crippen molar-refractivity contribution in [3.05, 3.63) is 59.2 Å². The Morgan fingerprint density at radius 3 is 2.50 bits per heavy atom. The van der Waals surface area contributed by atoms with E-state index in [9.17, 15) is 9.59 Å². The SMILES string of the molecule is CCCCOC(=O)c1ccccc1NC(=O)N1CCN(c2cc(C)ccc2C)CC1. The van der Waals surface area contributed by atoms with Crippen molar-refractivity contribution >= 4 is 23.4 Å². The highest BCUT2D eigenvalue weighted by Gasteiger charge is 2.23. The molecule has 2 aromatic rings. The minimum atomic E-state index is -0.404. The number of carbonyl (C=O) groups excluding carboxylic acids is 2. The van der Waals surface area contributed by atoms with Crippen LogP contribution in [0.2, 0.25) is 0 Å². The predicted octanol–water partition coefficient (Wildman–Crippen LogP) is 4.61. The molecule has 1 fully saturated rings. The van der Waals surface area contributed by atoms with Gasteiger partial charge in [-0.3, -0.25) is 0 Å². The molecule has 1 heterocycles. The van der Waals surface area contributed by atoms with Crippen LogP contribution in [0.3, 0.4) is 0 Å². The summed E-state index contributed by atoms with van der Waals surface area (Å²) in [5.74, 6) is -0.404. The molecule has 0 aromatic heterocycles. The van der Waals surface area contributed by atoms with Crippen LogP contribution >= 0.6 is 0 Å². The number of carbonyl (C=O) groups is 2. The number of benzene rings is 2. The van der Waals surface area contributed by atoms with Crippen molar-refractivity contribution in [2.45, 2.75) is 33.6 Å². The fourth-order valence-corrected chi connectivity index (χ4v) is 3.56. The minimum absolute atomic E-state index is 0.190. The first-order valence-corrected chi connectivity index (χ1v) is 10.6. The molecule has 2 aromatic carbocycles. The Labute approximate surface area is 178 Å². The van der Waals surface area contributed by atoms with Crippen LogP contribution in [0.1, 0.15) is 41.3 Å². The molecule has 0 radical (unpaired) electrons. The van der Waals surface area contributed by atoms with Gasteiger partial charge in [0, 0.05) is 31.9 Å². The average Bonchev–Trinajstić information content (AvgIpc) is 2.76. The van der Waals surface area contributed by atoms with Gasteiger partial charge in [-0.05, 0) is 49.6 Å². The van der Waals surface area contributed by atoms with Gasteiger partial charge in [0.05, 0.1) is 17.9 Å². The Morgan fingerprint density at radius 2 is 1.77 bits per heavy atom. The largest absolute Gasteiger partial charge is 0.462 e. The molecule has 0 spiro atoms. The lowest BCUT2D eigenvalue weighted by atomic mass is 10.1. The summed E-state index contributed by atoms with van der Waals surface area (Å²) in [6.07, 6.45) is 1.78. The van der Waals surface area contributed by atoms with Crippen molar-refractivity contribution in [1.29, 1.82) is 0 Å². The van der Waals surface area contributed by atoms with Gasteiger partial charge in [-0.15, -0.1) is 0 Å². The van der Waals surface area contributed by atoms with E-state index in [0.717, 1.165) is 25.9 Å². The van der Waals surface area contributed by atoms with Crippen molar-refractivity contribution in [2.24, 2.45) is 0 Å². The van der Waals surface area contributed by atoms with Gasteiger partial charge >= 0.3 is 12.0 Å². The van der Waals surface area contributed by atoms with Gasteiger partial charge in [0.25, 0.3) is 0 Å². The highest BCUT2D eigenvalue weighted by molar-refractivity contribution is 6.00. The molecule has 0 aliphatic carbocycles. The molecular weight excluding hydrogens is 378 g/mol. The van der Waals surface area contributed by atoms with Crippen LogP contribution in [0, 0.1) is 13.8 Å². The Bertz CT molecular complexity index is 889. The maximum absolute atomic E-state index is 12.8. The maximum atomic E-state index is 12.8. The first kappa shape index (κ1) is 21.7. The standard InChI is InChI=1S/C24H31N3O3/c1-4-5-16-30-23(28)20-8-6-7-9-21(20)25-24(29)27-14-12-26(13-15-27)22-17-18(2)10-11-19(22)3/h6-11,17H,4-5,12-16H2,1-3H3,(H,25,29). The number of rotatable bonds is 6. The van der Waals surface area contributed by atoms with E-state index in [4.69, 9.17) is 4.74 Å². The van der Waals surface area contributed by atoms with E-state index in [0.29, 0.717) is 30.9 Å². The molecule has 0 atom stereocenters. The summed E-state index contributed by atoms with van der Waals surface area (Å²) < 4.78 is 5.31. The average molecular weight is 410 g/mol. The summed E-state index contributed by atoms with van der Waals surface area (Å²) in [5.41, 5.74) is 4.58. The zero-order chi connectivity index (χ0) is 21.5. The third-order valence-corrected chi connectivity index (χ3v) is 5.39. The van der Waals surface area contributed by atoms with Crippen molar-refractivity contribution in [3.63, 3.8) is 0 Å². The number of esters is 1. The molecule has 1 aliphatic rings. The Balaban J connectivity index is 1.60. The van der Waals surface area contributed by atoms with Gasteiger partial charge in [0.15, 0.2) is 0 Å². The lowest BCUT2D eigenvalue weighted by Crippen LogP contribution is -2.50. The summed E-state index contributed by atoms with van der Waals surface area (Å²) in [4.78, 5) is 29.3. The van der Waals surface area contributed by atoms with Gasteiger partial charge in [-0.25, -0.2) is 9.59 Å². The Morgan fingerprint density at radius 1 is 1.03 bits per heavy atom. The van der Waals surface area contributed by atoms with Crippen LogP contribution in [-0.2, 0) is 4.74 Å². The van der Waals surface area contributed by atoms with Crippen molar-refractivity contribution in [1.82, 2.24) is 4.90 Å². The number of aryl methyl sites for hydroxylation is 2. The number of hydrogen-bond donors (Lipinski definition) is 1. The van der Waals surface area contributed by atoms with Gasteiger partial charge in [-0.2, -0.15) is 0 Å². The molecular formula is C24H31N3O3. The smallest absolute Gasteiger partial charge is 0.340 e. The highest BCUT2D eigenvalue weighted by Crippen LogP contribution is 2.23. The molecule has 0 unspecified atom stereocenters. The van der Waals surface area contributed by atoms with Crippen molar-refractivity contribution in [2.75, 3.05) is 43.0 Å². The van der Waals surface area contributed by atoms with E-state index in [-0.39, 0.29) is 6.03 Å². The number of nitrogens with zero attached hydrogens (tertiary/aromatic N) is 2. The molecule has 3 rings (SSSR count). The van der Waals surface area contributed by atoms with E-state index >= 15 is 0 Å². The molecule has 1 N–H and O–H groups in total. The number of ether oxygens (including phenoxy) is 1. The lowest BCUT2D eigenvalue weighted by Gasteiger charge is -2.37. The molecule has 160 valence electrons. The summed E-state index contributed by atoms with van der Waals surface area (Å²) in [7, 11) is 0. The lowest BCUT2D eigenvalue weighted by molar-refractivity contribution is 0.0501. The number of urea groups is 1. The number of nitrogens with one attached hydrogen (secondary N) is 1. The molecule has 0 saturated carbocycles. The van der Waals surface area contributed by atoms with Crippen molar-refractivity contribution in [3.8, 4) is 0 Å².